The minimum Gasteiger partial charge on any atom is -0.326 e. The molecule has 5 heteroatoms. The smallest absolute Gasteiger partial charge is 0.229 e. The first-order valence-corrected chi connectivity index (χ1v) is 8.02. The van der Waals surface area contributed by atoms with Crippen molar-refractivity contribution in [2.45, 2.75) is 19.8 Å². The van der Waals surface area contributed by atoms with Gasteiger partial charge in [0.1, 0.15) is 5.82 Å². The van der Waals surface area contributed by atoms with Gasteiger partial charge in [0.05, 0.1) is 5.92 Å². The molecule has 2 amide bonds. The number of carbonyl (C=O) groups is 2. The van der Waals surface area contributed by atoms with Gasteiger partial charge in [-0.15, -0.1) is 0 Å². The molecule has 4 nitrogen and oxygen atoms in total. The van der Waals surface area contributed by atoms with E-state index in [0.29, 0.717) is 12.2 Å². The van der Waals surface area contributed by atoms with E-state index >= 15 is 0 Å². The molecule has 1 aliphatic rings. The van der Waals surface area contributed by atoms with Crippen molar-refractivity contribution in [3.8, 4) is 0 Å². The van der Waals surface area contributed by atoms with Crippen LogP contribution in [0.25, 0.3) is 0 Å². The SMILES string of the molecule is CCc1cccc(N2C[C@H](C(=O)Nc3cccc(F)c3)CC2=O)c1. The average molecular weight is 326 g/mol. The summed E-state index contributed by atoms with van der Waals surface area (Å²) in [5, 5.41) is 2.68. The second-order valence-corrected chi connectivity index (χ2v) is 5.93. The van der Waals surface area contributed by atoms with Gasteiger partial charge in [0.25, 0.3) is 0 Å². The molecule has 0 unspecified atom stereocenters. The standard InChI is InChI=1S/C19H19FN2O2/c1-2-13-5-3-8-17(9-13)22-12-14(10-18(22)23)19(24)21-16-7-4-6-15(20)11-16/h3-9,11,14H,2,10,12H2,1H3,(H,21,24)/t14-/m1/s1. The maximum Gasteiger partial charge on any atom is 0.229 e. The number of rotatable bonds is 4. The van der Waals surface area contributed by atoms with Crippen LogP contribution in [0.5, 0.6) is 0 Å². The highest BCUT2D eigenvalue weighted by atomic mass is 19.1. The van der Waals surface area contributed by atoms with Gasteiger partial charge in [-0.05, 0) is 42.3 Å². The number of hydrogen-bond donors (Lipinski definition) is 1. The van der Waals surface area contributed by atoms with Crippen LogP contribution < -0.4 is 10.2 Å². The van der Waals surface area contributed by atoms with Crippen molar-refractivity contribution in [3.63, 3.8) is 0 Å². The van der Waals surface area contributed by atoms with Crippen molar-refractivity contribution in [2.24, 2.45) is 5.92 Å². The fourth-order valence-electron chi connectivity index (χ4n) is 2.89. The van der Waals surface area contributed by atoms with Crippen LogP contribution in [0.15, 0.2) is 48.5 Å². The Bertz CT molecular complexity index is 775. The highest BCUT2D eigenvalue weighted by Crippen LogP contribution is 2.27. The van der Waals surface area contributed by atoms with Crippen LogP contribution in [0, 0.1) is 11.7 Å². The normalized spacial score (nSPS) is 17.2. The zero-order valence-corrected chi connectivity index (χ0v) is 13.5. The second kappa shape index (κ2) is 6.83. The molecule has 1 aliphatic heterocycles. The molecule has 0 bridgehead atoms. The van der Waals surface area contributed by atoms with Gasteiger partial charge in [0, 0.05) is 24.3 Å². The molecule has 1 heterocycles. The Kier molecular flexibility index (Phi) is 4.60. The summed E-state index contributed by atoms with van der Waals surface area (Å²) in [5.41, 5.74) is 2.37. The summed E-state index contributed by atoms with van der Waals surface area (Å²) in [5.74, 6) is -1.18. The van der Waals surface area contributed by atoms with Gasteiger partial charge in [0.2, 0.25) is 11.8 Å². The number of anilines is 2. The lowest BCUT2D eigenvalue weighted by Gasteiger charge is -2.17. The van der Waals surface area contributed by atoms with E-state index in [1.807, 2.05) is 24.3 Å². The lowest BCUT2D eigenvalue weighted by Crippen LogP contribution is -2.28. The van der Waals surface area contributed by atoms with Gasteiger partial charge in [-0.2, -0.15) is 0 Å². The Morgan fingerprint density at radius 1 is 1.25 bits per heavy atom. The lowest BCUT2D eigenvalue weighted by molar-refractivity contribution is -0.122. The van der Waals surface area contributed by atoms with Crippen LogP contribution in [-0.2, 0) is 16.0 Å². The number of nitrogens with one attached hydrogen (secondary N) is 1. The molecule has 1 saturated heterocycles. The molecule has 0 aliphatic carbocycles. The molecule has 0 spiro atoms. The van der Waals surface area contributed by atoms with E-state index in [0.717, 1.165) is 17.7 Å². The molecular weight excluding hydrogens is 307 g/mol. The molecule has 1 fully saturated rings. The van der Waals surface area contributed by atoms with Gasteiger partial charge in [-0.25, -0.2) is 4.39 Å². The van der Waals surface area contributed by atoms with E-state index in [1.54, 1.807) is 11.0 Å². The van der Waals surface area contributed by atoms with Crippen LogP contribution in [0.4, 0.5) is 15.8 Å². The first-order valence-electron chi connectivity index (χ1n) is 8.02. The van der Waals surface area contributed by atoms with E-state index in [2.05, 4.69) is 12.2 Å². The topological polar surface area (TPSA) is 49.4 Å². The number of aryl methyl sites for hydroxylation is 1. The summed E-state index contributed by atoms with van der Waals surface area (Å²) >= 11 is 0. The van der Waals surface area contributed by atoms with Crippen LogP contribution in [0.1, 0.15) is 18.9 Å². The monoisotopic (exact) mass is 326 g/mol. The second-order valence-electron chi connectivity index (χ2n) is 5.93. The first kappa shape index (κ1) is 16.2. The molecular formula is C19H19FN2O2. The van der Waals surface area contributed by atoms with E-state index in [1.165, 1.54) is 18.2 Å². The summed E-state index contributed by atoms with van der Waals surface area (Å²) in [7, 11) is 0. The van der Waals surface area contributed by atoms with Crippen molar-refractivity contribution in [1.29, 1.82) is 0 Å². The third kappa shape index (κ3) is 3.45. The van der Waals surface area contributed by atoms with Gasteiger partial charge in [-0.3, -0.25) is 9.59 Å². The number of benzene rings is 2. The predicted molar refractivity (Wildman–Crippen MR) is 91.3 cm³/mol. The highest BCUT2D eigenvalue weighted by molar-refractivity contribution is 6.03. The molecule has 0 radical (unpaired) electrons. The summed E-state index contributed by atoms with van der Waals surface area (Å²) < 4.78 is 13.2. The van der Waals surface area contributed by atoms with E-state index in [4.69, 9.17) is 0 Å². The Morgan fingerprint density at radius 2 is 2.04 bits per heavy atom. The Labute approximate surface area is 140 Å². The minimum atomic E-state index is -0.439. The van der Waals surface area contributed by atoms with Crippen LogP contribution >= 0.6 is 0 Å². The number of halogens is 1. The third-order valence-electron chi connectivity index (χ3n) is 4.22. The highest BCUT2D eigenvalue weighted by Gasteiger charge is 2.35. The van der Waals surface area contributed by atoms with Gasteiger partial charge in [-0.1, -0.05) is 25.1 Å². The van der Waals surface area contributed by atoms with E-state index in [-0.39, 0.29) is 18.2 Å². The zero-order chi connectivity index (χ0) is 17.1. The number of carbonyl (C=O) groups excluding carboxylic acids is 2. The third-order valence-corrected chi connectivity index (χ3v) is 4.22. The molecule has 24 heavy (non-hydrogen) atoms. The van der Waals surface area contributed by atoms with Crippen LogP contribution in [-0.4, -0.2) is 18.4 Å². The zero-order valence-electron chi connectivity index (χ0n) is 13.5. The lowest BCUT2D eigenvalue weighted by atomic mass is 10.1. The fourth-order valence-corrected chi connectivity index (χ4v) is 2.89. The summed E-state index contributed by atoms with van der Waals surface area (Å²) in [6, 6.07) is 13.5. The van der Waals surface area contributed by atoms with Crippen molar-refractivity contribution >= 4 is 23.2 Å². The summed E-state index contributed by atoms with van der Waals surface area (Å²) in [4.78, 5) is 26.3. The van der Waals surface area contributed by atoms with Crippen LogP contribution in [0.3, 0.4) is 0 Å². The predicted octanol–water partition coefficient (Wildman–Crippen LogP) is 3.38. The average Bonchev–Trinajstić information content (AvgIpc) is 2.97. The van der Waals surface area contributed by atoms with E-state index < -0.39 is 11.7 Å². The Hall–Kier alpha value is -2.69. The summed E-state index contributed by atoms with van der Waals surface area (Å²) in [6.45, 7) is 2.40. The van der Waals surface area contributed by atoms with Crippen molar-refractivity contribution in [1.82, 2.24) is 0 Å². The van der Waals surface area contributed by atoms with Crippen molar-refractivity contribution in [2.75, 3.05) is 16.8 Å². The maximum atomic E-state index is 13.2. The molecule has 0 aromatic heterocycles. The van der Waals surface area contributed by atoms with Crippen molar-refractivity contribution < 1.29 is 14.0 Å². The summed E-state index contributed by atoms with van der Waals surface area (Å²) in [6.07, 6.45) is 1.05. The first-order chi connectivity index (χ1) is 11.6. The van der Waals surface area contributed by atoms with Gasteiger partial charge < -0.3 is 10.2 Å². The number of nitrogens with zero attached hydrogens (tertiary/aromatic N) is 1. The quantitative estimate of drug-likeness (QED) is 0.936. The fraction of sp³-hybridized carbons (Fsp3) is 0.263. The van der Waals surface area contributed by atoms with Gasteiger partial charge >= 0.3 is 0 Å². The molecule has 1 atom stereocenters. The Balaban J connectivity index is 1.70. The maximum absolute atomic E-state index is 13.2. The molecule has 3 rings (SSSR count). The molecule has 1 N–H and O–H groups in total. The largest absolute Gasteiger partial charge is 0.326 e. The number of amides is 2. The molecule has 0 saturated carbocycles. The molecule has 2 aromatic carbocycles. The van der Waals surface area contributed by atoms with Gasteiger partial charge in [0.15, 0.2) is 0 Å². The minimum absolute atomic E-state index is 0.0670. The molecule has 124 valence electrons. The number of hydrogen-bond acceptors (Lipinski definition) is 2. The van der Waals surface area contributed by atoms with Crippen molar-refractivity contribution in [3.05, 3.63) is 59.9 Å². The van der Waals surface area contributed by atoms with Crippen LogP contribution in [0.2, 0.25) is 0 Å². The Morgan fingerprint density at radius 3 is 2.79 bits per heavy atom. The van der Waals surface area contributed by atoms with E-state index in [9.17, 15) is 14.0 Å². The molecule has 2 aromatic rings.